The number of aromatic nitrogens is 1. The quantitative estimate of drug-likeness (QED) is 0.508. The monoisotopic (exact) mass is 396 g/mol. The lowest BCUT2D eigenvalue weighted by Gasteiger charge is -2.20. The number of carbonyl (C=O) groups excluding carboxylic acids is 1. The average Bonchev–Trinajstić information content (AvgIpc) is 2.70. The van der Waals surface area contributed by atoms with Gasteiger partial charge in [0.25, 0.3) is 0 Å². The maximum absolute atomic E-state index is 13.3. The molecule has 3 aromatic rings. The van der Waals surface area contributed by atoms with Crippen molar-refractivity contribution >= 4 is 34.2 Å². The highest BCUT2D eigenvalue weighted by Crippen LogP contribution is 2.30. The van der Waals surface area contributed by atoms with Crippen molar-refractivity contribution in [1.82, 2.24) is 4.57 Å². The van der Waals surface area contributed by atoms with E-state index in [0.717, 1.165) is 30.3 Å². The minimum absolute atomic E-state index is 0.0689. The van der Waals surface area contributed by atoms with Gasteiger partial charge in [0.1, 0.15) is 5.82 Å². The fourth-order valence-electron chi connectivity index (χ4n) is 3.47. The maximum atomic E-state index is 13.3. The predicted octanol–water partition coefficient (Wildman–Crippen LogP) is 5.86. The number of benzene rings is 2. The summed E-state index contributed by atoms with van der Waals surface area (Å²) in [6.45, 7) is 4.75. The van der Waals surface area contributed by atoms with E-state index in [0.29, 0.717) is 34.8 Å². The summed E-state index contributed by atoms with van der Waals surface area (Å²) < 4.78 is 2.00. The number of unbranched alkanes of at least 4 members (excludes halogenated alkanes) is 2. The summed E-state index contributed by atoms with van der Waals surface area (Å²) >= 11 is 6.03. The number of fused-ring (bicyclic) bond motifs is 1. The minimum Gasteiger partial charge on any atom is -0.327 e. The number of halogens is 1. The number of nitrogens with zero attached hydrogens (tertiary/aromatic N) is 1. The second-order valence-electron chi connectivity index (χ2n) is 6.83. The zero-order chi connectivity index (χ0) is 20.1. The van der Waals surface area contributed by atoms with Crippen molar-refractivity contribution in [1.29, 1.82) is 0 Å². The van der Waals surface area contributed by atoms with Gasteiger partial charge in [0, 0.05) is 23.4 Å². The molecule has 0 saturated heterocycles. The molecule has 1 amide bonds. The molecule has 0 fully saturated rings. The van der Waals surface area contributed by atoms with Crippen LogP contribution in [0.25, 0.3) is 22.0 Å². The highest BCUT2D eigenvalue weighted by Gasteiger charge is 2.19. The number of aryl methyl sites for hydroxylation is 1. The molecule has 0 spiro atoms. The number of pyridine rings is 1. The zero-order valence-corrected chi connectivity index (χ0v) is 17.1. The van der Waals surface area contributed by atoms with E-state index in [-0.39, 0.29) is 11.3 Å². The lowest BCUT2D eigenvalue weighted by molar-refractivity contribution is -0.116. The topological polar surface area (TPSA) is 51.1 Å². The Hall–Kier alpha value is -2.59. The molecule has 0 aliphatic heterocycles. The summed E-state index contributed by atoms with van der Waals surface area (Å²) in [4.78, 5) is 25.9. The van der Waals surface area contributed by atoms with Gasteiger partial charge in [0.2, 0.25) is 5.91 Å². The number of para-hydroxylation sites is 1. The average molecular weight is 397 g/mol. The van der Waals surface area contributed by atoms with E-state index in [4.69, 9.17) is 11.6 Å². The van der Waals surface area contributed by atoms with Gasteiger partial charge in [-0.2, -0.15) is 0 Å². The molecule has 0 aliphatic rings. The molecular formula is C23H25ClN2O2. The molecule has 28 heavy (non-hydrogen) atoms. The number of hydrogen-bond acceptors (Lipinski definition) is 2. The molecule has 0 bridgehead atoms. The van der Waals surface area contributed by atoms with Crippen LogP contribution in [0.15, 0.2) is 53.3 Å². The van der Waals surface area contributed by atoms with E-state index >= 15 is 0 Å². The number of nitrogens with one attached hydrogen (secondary N) is 1. The fourth-order valence-corrected chi connectivity index (χ4v) is 3.60. The second-order valence-corrected chi connectivity index (χ2v) is 7.26. The first-order chi connectivity index (χ1) is 13.6. The molecule has 0 unspecified atom stereocenters. The Morgan fingerprint density at radius 3 is 2.43 bits per heavy atom. The summed E-state index contributed by atoms with van der Waals surface area (Å²) in [7, 11) is 0. The van der Waals surface area contributed by atoms with Gasteiger partial charge in [-0.25, -0.2) is 0 Å². The van der Waals surface area contributed by atoms with Crippen LogP contribution in [0.5, 0.6) is 0 Å². The van der Waals surface area contributed by atoms with Crippen LogP contribution in [-0.4, -0.2) is 10.5 Å². The molecule has 3 rings (SSSR count). The van der Waals surface area contributed by atoms with Crippen LogP contribution in [-0.2, 0) is 11.3 Å². The Balaban J connectivity index is 2.20. The van der Waals surface area contributed by atoms with E-state index in [1.807, 2.05) is 47.9 Å². The zero-order valence-electron chi connectivity index (χ0n) is 16.3. The van der Waals surface area contributed by atoms with Crippen LogP contribution in [0.2, 0.25) is 5.02 Å². The lowest BCUT2D eigenvalue weighted by Crippen LogP contribution is -2.22. The molecule has 1 aromatic heterocycles. The van der Waals surface area contributed by atoms with Gasteiger partial charge in [-0.15, -0.1) is 0 Å². The van der Waals surface area contributed by atoms with Gasteiger partial charge in [-0.1, -0.05) is 55.6 Å². The van der Waals surface area contributed by atoms with Crippen molar-refractivity contribution in [2.24, 2.45) is 0 Å². The molecule has 1 N–H and O–H groups in total. The van der Waals surface area contributed by atoms with Gasteiger partial charge in [0.15, 0.2) is 5.43 Å². The van der Waals surface area contributed by atoms with E-state index in [2.05, 4.69) is 12.2 Å². The van der Waals surface area contributed by atoms with Crippen molar-refractivity contribution < 1.29 is 4.79 Å². The molecule has 5 heteroatoms. The smallest absolute Gasteiger partial charge is 0.225 e. The van der Waals surface area contributed by atoms with Crippen LogP contribution in [0.4, 0.5) is 5.82 Å². The summed E-state index contributed by atoms with van der Waals surface area (Å²) in [5.41, 5.74) is 1.97. The van der Waals surface area contributed by atoms with Crippen LogP contribution in [0.1, 0.15) is 39.5 Å². The molecule has 0 atom stereocenters. The second kappa shape index (κ2) is 9.07. The Bertz CT molecular complexity index is 1040. The molecule has 0 aliphatic carbocycles. The van der Waals surface area contributed by atoms with Crippen molar-refractivity contribution in [3.8, 4) is 11.1 Å². The van der Waals surface area contributed by atoms with E-state index in [1.54, 1.807) is 12.1 Å². The van der Waals surface area contributed by atoms with E-state index in [9.17, 15) is 9.59 Å². The van der Waals surface area contributed by atoms with Gasteiger partial charge < -0.3 is 9.88 Å². The lowest BCUT2D eigenvalue weighted by atomic mass is 10.0. The van der Waals surface area contributed by atoms with Crippen molar-refractivity contribution in [2.45, 2.75) is 46.1 Å². The Morgan fingerprint density at radius 1 is 1.04 bits per heavy atom. The van der Waals surface area contributed by atoms with Gasteiger partial charge in [-0.05, 0) is 43.2 Å². The largest absolute Gasteiger partial charge is 0.327 e. The fraction of sp³-hybridized carbons (Fsp3) is 0.304. The van der Waals surface area contributed by atoms with Crippen molar-refractivity contribution in [2.75, 3.05) is 5.32 Å². The Morgan fingerprint density at radius 2 is 1.75 bits per heavy atom. The van der Waals surface area contributed by atoms with Crippen molar-refractivity contribution in [3.63, 3.8) is 0 Å². The number of hydrogen-bond donors (Lipinski definition) is 1. The molecule has 2 aromatic carbocycles. The number of anilines is 1. The van der Waals surface area contributed by atoms with Gasteiger partial charge in [-0.3, -0.25) is 9.59 Å². The van der Waals surface area contributed by atoms with Crippen LogP contribution in [0.3, 0.4) is 0 Å². The van der Waals surface area contributed by atoms with Crippen molar-refractivity contribution in [3.05, 3.63) is 63.8 Å². The number of amides is 1. The molecule has 146 valence electrons. The molecule has 0 saturated carbocycles. The third kappa shape index (κ3) is 4.12. The van der Waals surface area contributed by atoms with Crippen LogP contribution >= 0.6 is 11.6 Å². The number of rotatable bonds is 7. The van der Waals surface area contributed by atoms with Gasteiger partial charge >= 0.3 is 0 Å². The van der Waals surface area contributed by atoms with Crippen LogP contribution in [0, 0.1) is 0 Å². The third-order valence-electron chi connectivity index (χ3n) is 4.89. The molecule has 0 radical (unpaired) electrons. The molecule has 1 heterocycles. The Labute approximate surface area is 170 Å². The van der Waals surface area contributed by atoms with Gasteiger partial charge in [0.05, 0.1) is 11.1 Å². The van der Waals surface area contributed by atoms with E-state index in [1.165, 1.54) is 0 Å². The first kappa shape index (κ1) is 20.2. The summed E-state index contributed by atoms with van der Waals surface area (Å²) in [5.74, 6) is 0.482. The van der Waals surface area contributed by atoms with E-state index < -0.39 is 0 Å². The summed E-state index contributed by atoms with van der Waals surface area (Å²) in [5, 5.41) is 4.27. The minimum atomic E-state index is -0.0912. The summed E-state index contributed by atoms with van der Waals surface area (Å²) in [6, 6.07) is 14.7. The third-order valence-corrected chi connectivity index (χ3v) is 5.14. The Kier molecular flexibility index (Phi) is 6.53. The normalized spacial score (nSPS) is 11.0. The standard InChI is InChI=1S/C23H25ClN2O2/c1-3-5-6-11-20(27)25-23-21(16-12-14-17(24)15-13-16)22(28)18-9-7-8-10-19(18)26(23)4-2/h7-10,12-15H,3-6,11H2,1-2H3,(H,25,27). The molecule has 4 nitrogen and oxygen atoms in total. The SMILES string of the molecule is CCCCCC(=O)Nc1c(-c2ccc(Cl)cc2)c(=O)c2ccccc2n1CC. The maximum Gasteiger partial charge on any atom is 0.225 e. The summed E-state index contributed by atoms with van der Waals surface area (Å²) in [6.07, 6.45) is 3.34. The first-order valence-electron chi connectivity index (χ1n) is 9.78. The number of carbonyl (C=O) groups is 1. The predicted molar refractivity (Wildman–Crippen MR) is 117 cm³/mol. The van der Waals surface area contributed by atoms with Crippen LogP contribution < -0.4 is 10.7 Å². The highest BCUT2D eigenvalue weighted by atomic mass is 35.5. The first-order valence-corrected chi connectivity index (χ1v) is 10.2. The molecular weight excluding hydrogens is 372 g/mol. The highest BCUT2D eigenvalue weighted by molar-refractivity contribution is 6.30.